The molecule has 1 aromatic carbocycles. The molecule has 2 aliphatic heterocycles. The summed E-state index contributed by atoms with van der Waals surface area (Å²) in [5.74, 6) is -0.980. The first-order chi connectivity index (χ1) is 20.1. The van der Waals surface area contributed by atoms with E-state index in [0.717, 1.165) is 22.6 Å². The quantitative estimate of drug-likeness (QED) is 0.222. The maximum atomic E-state index is 13.4. The van der Waals surface area contributed by atoms with Crippen LogP contribution in [0.1, 0.15) is 96.5 Å². The van der Waals surface area contributed by atoms with Gasteiger partial charge in [-0.2, -0.15) is 0 Å². The topological polar surface area (TPSA) is 126 Å². The zero-order valence-corrected chi connectivity index (χ0v) is 26.5. The molecule has 1 aromatic rings. The van der Waals surface area contributed by atoms with Crippen molar-refractivity contribution in [3.05, 3.63) is 41.5 Å². The Morgan fingerprint density at radius 3 is 2.19 bits per heavy atom. The minimum atomic E-state index is -0.770. The van der Waals surface area contributed by atoms with Gasteiger partial charge in [0, 0.05) is 49.4 Å². The standard InChI is InChI=1S/C32H46N4O7/c1-8-9-10-18-34(19-11-12-20-35(29(40)42-31(2,3)4)30(41)43-32(5,6)7)24-15-13-14-22-23(24)21-36(28(22)39)25-16-17-26(37)33-27(25)38/h8-9,13-15,25H,10-12,16-21H2,1-7H3,(H,33,37,38)/b9-8-. The van der Waals surface area contributed by atoms with Crippen molar-refractivity contribution >= 4 is 35.6 Å². The number of ether oxygens (including phenoxy) is 2. The number of amides is 5. The monoisotopic (exact) mass is 598 g/mol. The predicted octanol–water partition coefficient (Wildman–Crippen LogP) is 5.17. The molecule has 0 saturated carbocycles. The Kier molecular flexibility index (Phi) is 11.0. The number of unbranched alkanes of at least 4 members (excludes halogenated alkanes) is 1. The van der Waals surface area contributed by atoms with E-state index in [-0.39, 0.29) is 31.3 Å². The molecule has 2 heterocycles. The molecule has 0 aliphatic carbocycles. The van der Waals surface area contributed by atoms with E-state index in [9.17, 15) is 24.0 Å². The fraction of sp³-hybridized carbons (Fsp3) is 0.594. The zero-order chi connectivity index (χ0) is 31.9. The van der Waals surface area contributed by atoms with Gasteiger partial charge in [0.1, 0.15) is 17.2 Å². The van der Waals surface area contributed by atoms with Crippen molar-refractivity contribution in [2.75, 3.05) is 24.5 Å². The average Bonchev–Trinajstić information content (AvgIpc) is 3.21. The number of allylic oxidation sites excluding steroid dienone is 1. The Labute approximate surface area is 254 Å². The van der Waals surface area contributed by atoms with Crippen LogP contribution in [0.4, 0.5) is 15.3 Å². The van der Waals surface area contributed by atoms with Gasteiger partial charge in [0.25, 0.3) is 5.91 Å². The average molecular weight is 599 g/mol. The summed E-state index contributed by atoms with van der Waals surface area (Å²) in [6, 6.07) is 4.91. The predicted molar refractivity (Wildman–Crippen MR) is 163 cm³/mol. The van der Waals surface area contributed by atoms with Gasteiger partial charge in [-0.05, 0) is 86.3 Å². The molecule has 1 fully saturated rings. The number of rotatable bonds is 10. The molecule has 0 radical (unpaired) electrons. The van der Waals surface area contributed by atoms with Crippen molar-refractivity contribution in [1.29, 1.82) is 0 Å². The summed E-state index contributed by atoms with van der Waals surface area (Å²) in [5, 5.41) is 2.35. The van der Waals surface area contributed by atoms with Crippen molar-refractivity contribution in [1.82, 2.24) is 15.1 Å². The highest BCUT2D eigenvalue weighted by atomic mass is 16.6. The van der Waals surface area contributed by atoms with Crippen LogP contribution in [0.3, 0.4) is 0 Å². The Morgan fingerprint density at radius 1 is 0.977 bits per heavy atom. The van der Waals surface area contributed by atoms with Gasteiger partial charge in [-0.1, -0.05) is 18.2 Å². The lowest BCUT2D eigenvalue weighted by Crippen LogP contribution is -2.52. The number of nitrogens with one attached hydrogen (secondary N) is 1. The second-order valence-electron chi connectivity index (χ2n) is 12.9. The summed E-state index contributed by atoms with van der Waals surface area (Å²) in [7, 11) is 0. The molecule has 0 aromatic heterocycles. The van der Waals surface area contributed by atoms with Crippen molar-refractivity contribution in [3.63, 3.8) is 0 Å². The van der Waals surface area contributed by atoms with E-state index in [1.54, 1.807) is 52.5 Å². The maximum Gasteiger partial charge on any atom is 0.419 e. The molecule has 0 spiro atoms. The molecule has 11 heteroatoms. The first-order valence-corrected chi connectivity index (χ1v) is 15.0. The third kappa shape index (κ3) is 9.30. The normalized spacial score (nSPS) is 17.1. The third-order valence-electron chi connectivity index (χ3n) is 6.99. The molecule has 11 nitrogen and oxygen atoms in total. The van der Waals surface area contributed by atoms with Gasteiger partial charge in [-0.3, -0.25) is 19.7 Å². The summed E-state index contributed by atoms with van der Waals surface area (Å²) in [6.07, 6.45) is 5.00. The molecule has 1 N–H and O–H groups in total. The second-order valence-corrected chi connectivity index (χ2v) is 12.9. The van der Waals surface area contributed by atoms with E-state index >= 15 is 0 Å². The van der Waals surface area contributed by atoms with Gasteiger partial charge < -0.3 is 19.3 Å². The van der Waals surface area contributed by atoms with Crippen LogP contribution in [0.2, 0.25) is 0 Å². The molecule has 1 atom stereocenters. The van der Waals surface area contributed by atoms with Crippen LogP contribution < -0.4 is 10.2 Å². The van der Waals surface area contributed by atoms with Crippen molar-refractivity contribution in [2.45, 2.75) is 104 Å². The van der Waals surface area contributed by atoms with Gasteiger partial charge in [0.05, 0.1) is 0 Å². The summed E-state index contributed by atoms with van der Waals surface area (Å²) in [5.41, 5.74) is 0.768. The first-order valence-electron chi connectivity index (χ1n) is 15.0. The summed E-state index contributed by atoms with van der Waals surface area (Å²) in [6.45, 7) is 14.1. The third-order valence-corrected chi connectivity index (χ3v) is 6.99. The molecular formula is C32H46N4O7. The summed E-state index contributed by atoms with van der Waals surface area (Å²) in [4.78, 5) is 68.1. The highest BCUT2D eigenvalue weighted by Crippen LogP contribution is 2.34. The van der Waals surface area contributed by atoms with Crippen molar-refractivity contribution < 1.29 is 33.4 Å². The minimum Gasteiger partial charge on any atom is -0.443 e. The fourth-order valence-electron chi connectivity index (χ4n) is 5.08. The van der Waals surface area contributed by atoms with E-state index < -0.39 is 35.3 Å². The first kappa shape index (κ1) is 33.6. The Balaban J connectivity index is 1.75. The number of anilines is 1. The molecule has 43 heavy (non-hydrogen) atoms. The zero-order valence-electron chi connectivity index (χ0n) is 26.5. The number of hydrogen-bond donors (Lipinski definition) is 1. The number of fused-ring (bicyclic) bond motifs is 1. The smallest absolute Gasteiger partial charge is 0.419 e. The van der Waals surface area contributed by atoms with Gasteiger partial charge in [0.15, 0.2) is 0 Å². The van der Waals surface area contributed by atoms with Gasteiger partial charge >= 0.3 is 12.2 Å². The number of carbonyl (C=O) groups excluding carboxylic acids is 5. The maximum absolute atomic E-state index is 13.4. The molecule has 3 rings (SSSR count). The highest BCUT2D eigenvalue weighted by Gasteiger charge is 2.40. The number of piperidine rings is 1. The van der Waals surface area contributed by atoms with Gasteiger partial charge in [-0.15, -0.1) is 0 Å². The van der Waals surface area contributed by atoms with E-state index in [1.807, 2.05) is 25.1 Å². The molecule has 2 aliphatic rings. The van der Waals surface area contributed by atoms with Crippen LogP contribution in [-0.4, -0.2) is 76.6 Å². The highest BCUT2D eigenvalue weighted by molar-refractivity contribution is 6.06. The Morgan fingerprint density at radius 2 is 1.60 bits per heavy atom. The van der Waals surface area contributed by atoms with Crippen LogP contribution in [0.5, 0.6) is 0 Å². The summed E-state index contributed by atoms with van der Waals surface area (Å²) >= 11 is 0. The second kappa shape index (κ2) is 14.1. The van der Waals surface area contributed by atoms with Crippen LogP contribution in [0.25, 0.3) is 0 Å². The summed E-state index contributed by atoms with van der Waals surface area (Å²) < 4.78 is 10.9. The number of hydrogen-bond acceptors (Lipinski definition) is 8. The lowest BCUT2D eigenvalue weighted by molar-refractivity contribution is -0.136. The van der Waals surface area contributed by atoms with E-state index in [2.05, 4.69) is 16.3 Å². The van der Waals surface area contributed by atoms with E-state index in [0.29, 0.717) is 37.9 Å². The van der Waals surface area contributed by atoms with Gasteiger partial charge in [-0.25, -0.2) is 14.5 Å². The number of imide groups is 2. The van der Waals surface area contributed by atoms with Crippen LogP contribution in [0, 0.1) is 0 Å². The molecule has 0 bridgehead atoms. The van der Waals surface area contributed by atoms with Crippen molar-refractivity contribution in [2.24, 2.45) is 0 Å². The molecule has 5 amide bonds. The number of benzene rings is 1. The van der Waals surface area contributed by atoms with Crippen LogP contribution in [-0.2, 0) is 25.6 Å². The minimum absolute atomic E-state index is 0.126. The van der Waals surface area contributed by atoms with E-state index in [4.69, 9.17) is 9.47 Å². The number of nitrogens with zero attached hydrogens (tertiary/aromatic N) is 3. The van der Waals surface area contributed by atoms with Crippen LogP contribution in [0.15, 0.2) is 30.4 Å². The van der Waals surface area contributed by atoms with E-state index in [1.165, 1.54) is 0 Å². The molecule has 1 saturated heterocycles. The number of carbonyl (C=O) groups is 5. The largest absolute Gasteiger partial charge is 0.443 e. The van der Waals surface area contributed by atoms with Gasteiger partial charge in [0.2, 0.25) is 11.8 Å². The van der Waals surface area contributed by atoms with Crippen molar-refractivity contribution in [3.8, 4) is 0 Å². The fourth-order valence-corrected chi connectivity index (χ4v) is 5.08. The molecular weight excluding hydrogens is 552 g/mol. The molecule has 1 unspecified atom stereocenters. The lowest BCUT2D eigenvalue weighted by atomic mass is 10.0. The Bertz CT molecular complexity index is 1220. The SMILES string of the molecule is C/C=C\CCN(CCCCN(C(=O)OC(C)(C)C)C(=O)OC(C)(C)C)c1cccc2c1CN(C1CCC(=O)NC1=O)C2=O. The lowest BCUT2D eigenvalue weighted by Gasteiger charge is -2.30. The Hall–Kier alpha value is -3.89. The molecule has 236 valence electrons. The van der Waals surface area contributed by atoms with Crippen LogP contribution >= 0.6 is 0 Å².